The van der Waals surface area contributed by atoms with Crippen LogP contribution < -0.4 is 0 Å². The van der Waals surface area contributed by atoms with Crippen LogP contribution in [0.5, 0.6) is 0 Å². The van der Waals surface area contributed by atoms with Gasteiger partial charge in [-0.25, -0.2) is 0 Å². The minimum Gasteiger partial charge on any atom is -0.358 e. The summed E-state index contributed by atoms with van der Waals surface area (Å²) in [5.41, 5.74) is -0.277. The Morgan fingerprint density at radius 1 is 1.42 bits per heavy atom. The molecule has 0 fully saturated rings. The zero-order valence-electron chi connectivity index (χ0n) is 8.39. The number of hydrogen-bond donors (Lipinski definition) is 0. The second-order valence-electron chi connectivity index (χ2n) is 3.09. The van der Waals surface area contributed by atoms with E-state index in [0.29, 0.717) is 4.83 Å². The Bertz CT molecular complexity index is 118. The van der Waals surface area contributed by atoms with E-state index in [1.807, 2.05) is 0 Å². The monoisotopic (exact) mass is 254 g/mol. The van der Waals surface area contributed by atoms with Gasteiger partial charge in [-0.3, -0.25) is 0 Å². The van der Waals surface area contributed by atoms with Crippen molar-refractivity contribution in [3.8, 4) is 0 Å². The summed E-state index contributed by atoms with van der Waals surface area (Å²) >= 11 is 3.59. The Kier molecular flexibility index (Phi) is 6.44. The average molecular weight is 255 g/mol. The van der Waals surface area contributed by atoms with Crippen molar-refractivity contribution < 1.29 is 9.47 Å². The van der Waals surface area contributed by atoms with Crippen LogP contribution >= 0.6 is 15.9 Å². The van der Waals surface area contributed by atoms with Crippen molar-refractivity contribution in [2.45, 2.75) is 36.4 Å². The first-order valence-corrected chi connectivity index (χ1v) is 6.24. The van der Waals surface area contributed by atoms with E-state index >= 15 is 0 Å². The molecule has 0 rings (SSSR count). The summed E-state index contributed by atoms with van der Waals surface area (Å²) in [5.74, 6) is 0. The fraction of sp³-hybridized carbons (Fsp3) is 1.00. The molecule has 0 bridgehead atoms. The van der Waals surface area contributed by atoms with Gasteiger partial charge < -0.3 is 9.47 Å². The SMILES string of the molecule is CCC(Br)CCC([SiH3])(OC)OC. The standard InChI is InChI=1S/C8H19BrO2Si/c1-4-7(9)5-6-8(12,10-2)11-3/h7H,4-6H2,1-3,12H3. The van der Waals surface area contributed by atoms with Crippen molar-refractivity contribution in [1.29, 1.82) is 0 Å². The third kappa shape index (κ3) is 4.60. The Morgan fingerprint density at radius 3 is 2.25 bits per heavy atom. The Balaban J connectivity index is 3.72. The number of methoxy groups -OCH3 is 2. The zero-order chi connectivity index (χ0) is 9.61. The van der Waals surface area contributed by atoms with Crippen LogP contribution in [-0.4, -0.2) is 34.7 Å². The number of ether oxygens (including phenoxy) is 2. The maximum atomic E-state index is 5.30. The first kappa shape index (κ1) is 12.6. The molecule has 0 amide bonds. The molecular weight excluding hydrogens is 236 g/mol. The van der Waals surface area contributed by atoms with E-state index in [1.165, 1.54) is 0 Å². The summed E-state index contributed by atoms with van der Waals surface area (Å²) in [7, 11) is 4.34. The van der Waals surface area contributed by atoms with Crippen molar-refractivity contribution in [3.05, 3.63) is 0 Å². The van der Waals surface area contributed by atoms with Gasteiger partial charge in [-0.1, -0.05) is 22.9 Å². The lowest BCUT2D eigenvalue weighted by molar-refractivity contribution is -0.146. The lowest BCUT2D eigenvalue weighted by Gasteiger charge is -2.27. The fourth-order valence-corrected chi connectivity index (χ4v) is 1.43. The van der Waals surface area contributed by atoms with Crippen molar-refractivity contribution in [3.63, 3.8) is 0 Å². The van der Waals surface area contributed by atoms with Gasteiger partial charge in [0.15, 0.2) is 0 Å². The number of halogens is 1. The van der Waals surface area contributed by atoms with E-state index in [9.17, 15) is 0 Å². The van der Waals surface area contributed by atoms with E-state index < -0.39 is 0 Å². The summed E-state index contributed by atoms with van der Waals surface area (Å²) < 4.78 is 10.6. The highest BCUT2D eigenvalue weighted by molar-refractivity contribution is 9.09. The van der Waals surface area contributed by atoms with Crippen LogP contribution in [-0.2, 0) is 9.47 Å². The number of alkyl halides is 1. The van der Waals surface area contributed by atoms with Crippen LogP contribution in [0.4, 0.5) is 0 Å². The Hall–Kier alpha value is 0.617. The lowest BCUT2D eigenvalue weighted by atomic mass is 10.2. The van der Waals surface area contributed by atoms with Crippen LogP contribution in [0, 0.1) is 0 Å². The molecule has 12 heavy (non-hydrogen) atoms. The summed E-state index contributed by atoms with van der Waals surface area (Å²) in [6, 6.07) is 0. The molecule has 0 aromatic rings. The molecular formula is C8H19BrO2Si. The smallest absolute Gasteiger partial charge is 0.140 e. The van der Waals surface area contributed by atoms with E-state index in [4.69, 9.17) is 9.47 Å². The normalized spacial score (nSPS) is 15.0. The minimum atomic E-state index is -0.277. The topological polar surface area (TPSA) is 18.5 Å². The quantitative estimate of drug-likeness (QED) is 0.404. The molecule has 0 heterocycles. The predicted octanol–water partition coefficient (Wildman–Crippen LogP) is 1.25. The molecule has 4 heteroatoms. The average Bonchev–Trinajstić information content (AvgIpc) is 2.13. The van der Waals surface area contributed by atoms with E-state index in [2.05, 4.69) is 22.9 Å². The third-order valence-corrected chi connectivity index (χ3v) is 4.64. The van der Waals surface area contributed by atoms with Gasteiger partial charge in [-0.05, 0) is 19.3 Å². The summed E-state index contributed by atoms with van der Waals surface area (Å²) in [6.07, 6.45) is 3.25. The van der Waals surface area contributed by atoms with Gasteiger partial charge in [0.2, 0.25) is 0 Å². The van der Waals surface area contributed by atoms with Crippen LogP contribution in [0.1, 0.15) is 26.2 Å². The molecule has 0 radical (unpaired) electrons. The van der Waals surface area contributed by atoms with Gasteiger partial charge in [0, 0.05) is 19.0 Å². The molecule has 0 aromatic carbocycles. The minimum absolute atomic E-state index is 0.277. The van der Waals surface area contributed by atoms with Gasteiger partial charge in [0.25, 0.3) is 0 Å². The third-order valence-electron chi connectivity index (χ3n) is 2.22. The molecule has 0 aliphatic rings. The van der Waals surface area contributed by atoms with Gasteiger partial charge in [-0.15, -0.1) is 0 Å². The number of hydrogen-bond acceptors (Lipinski definition) is 2. The molecule has 0 aromatic heterocycles. The summed E-state index contributed by atoms with van der Waals surface area (Å²) in [6.45, 7) is 2.17. The zero-order valence-corrected chi connectivity index (χ0v) is 12.0. The second-order valence-corrected chi connectivity index (χ2v) is 5.90. The molecule has 0 aliphatic heterocycles. The summed E-state index contributed by atoms with van der Waals surface area (Å²) in [4.78, 5) is 0.594. The van der Waals surface area contributed by atoms with E-state index in [0.717, 1.165) is 29.5 Å². The molecule has 0 saturated heterocycles. The molecule has 0 saturated carbocycles. The van der Waals surface area contributed by atoms with Crippen LogP contribution in [0.25, 0.3) is 0 Å². The largest absolute Gasteiger partial charge is 0.358 e. The molecule has 74 valence electrons. The second kappa shape index (κ2) is 6.13. The first-order chi connectivity index (χ1) is 5.58. The predicted molar refractivity (Wildman–Crippen MR) is 58.9 cm³/mol. The molecule has 0 aliphatic carbocycles. The van der Waals surface area contributed by atoms with Gasteiger partial charge in [0.05, 0.1) is 10.2 Å². The van der Waals surface area contributed by atoms with Crippen molar-refractivity contribution in [1.82, 2.24) is 0 Å². The van der Waals surface area contributed by atoms with Crippen LogP contribution in [0.2, 0.25) is 0 Å². The van der Waals surface area contributed by atoms with Gasteiger partial charge in [0.1, 0.15) is 5.41 Å². The molecule has 2 nitrogen and oxygen atoms in total. The van der Waals surface area contributed by atoms with E-state index in [1.54, 1.807) is 14.2 Å². The van der Waals surface area contributed by atoms with Crippen LogP contribution in [0.3, 0.4) is 0 Å². The van der Waals surface area contributed by atoms with Gasteiger partial charge >= 0.3 is 0 Å². The van der Waals surface area contributed by atoms with Gasteiger partial charge in [-0.2, -0.15) is 0 Å². The first-order valence-electron chi connectivity index (χ1n) is 4.32. The number of rotatable bonds is 6. The Labute approximate surface area is 86.6 Å². The van der Waals surface area contributed by atoms with Crippen molar-refractivity contribution in [2.24, 2.45) is 0 Å². The summed E-state index contributed by atoms with van der Waals surface area (Å²) in [5, 5.41) is 0. The lowest BCUT2D eigenvalue weighted by Crippen LogP contribution is -2.34. The molecule has 0 N–H and O–H groups in total. The Morgan fingerprint density at radius 2 is 1.92 bits per heavy atom. The maximum Gasteiger partial charge on any atom is 0.140 e. The highest BCUT2D eigenvalue weighted by atomic mass is 79.9. The highest BCUT2D eigenvalue weighted by Gasteiger charge is 2.22. The maximum absolute atomic E-state index is 5.30. The van der Waals surface area contributed by atoms with Crippen molar-refractivity contribution >= 4 is 26.2 Å². The highest BCUT2D eigenvalue weighted by Crippen LogP contribution is 2.20. The molecule has 1 atom stereocenters. The molecule has 0 spiro atoms. The van der Waals surface area contributed by atoms with E-state index in [-0.39, 0.29) is 5.41 Å². The molecule has 1 unspecified atom stereocenters. The van der Waals surface area contributed by atoms with Crippen molar-refractivity contribution in [2.75, 3.05) is 14.2 Å². The van der Waals surface area contributed by atoms with Crippen LogP contribution in [0.15, 0.2) is 0 Å². The fourth-order valence-electron chi connectivity index (χ4n) is 0.910.